The van der Waals surface area contributed by atoms with Crippen molar-refractivity contribution in [1.29, 1.82) is 0 Å². The fourth-order valence-corrected chi connectivity index (χ4v) is 1.65. The molecule has 1 atom stereocenters. The highest BCUT2D eigenvalue weighted by Crippen LogP contribution is 2.09. The van der Waals surface area contributed by atoms with Crippen LogP contribution in [-0.2, 0) is 0 Å². The van der Waals surface area contributed by atoms with Gasteiger partial charge in [0.15, 0.2) is 5.69 Å². The lowest BCUT2D eigenvalue weighted by Crippen LogP contribution is -2.30. The molecule has 15 heavy (non-hydrogen) atoms. The number of rotatable bonds is 5. The monoisotopic (exact) mass is 230 g/mol. The predicted molar refractivity (Wildman–Crippen MR) is 57.9 cm³/mol. The van der Waals surface area contributed by atoms with E-state index in [-0.39, 0.29) is 17.0 Å². The third-order valence-electron chi connectivity index (χ3n) is 1.88. The summed E-state index contributed by atoms with van der Waals surface area (Å²) in [5, 5.41) is 6.18. The van der Waals surface area contributed by atoms with Crippen LogP contribution in [0.3, 0.4) is 0 Å². The smallest absolute Gasteiger partial charge is 0.273 e. The van der Waals surface area contributed by atoms with E-state index in [0.29, 0.717) is 12.5 Å². The zero-order valence-electron chi connectivity index (χ0n) is 8.87. The molecule has 0 saturated heterocycles. The average Bonchev–Trinajstić information content (AvgIpc) is 2.65. The van der Waals surface area contributed by atoms with Gasteiger partial charge in [-0.1, -0.05) is 19.0 Å². The number of hydrogen-bond acceptors (Lipinski definition) is 3. The van der Waals surface area contributed by atoms with Gasteiger partial charge in [0.2, 0.25) is 0 Å². The third kappa shape index (κ3) is 4.34. The highest BCUT2D eigenvalue weighted by molar-refractivity contribution is 6.20. The summed E-state index contributed by atoms with van der Waals surface area (Å²) in [4.78, 5) is 11.4. The number of amides is 1. The van der Waals surface area contributed by atoms with Gasteiger partial charge in [-0.25, -0.2) is 0 Å². The number of nitrogens with one attached hydrogen (secondary N) is 1. The molecule has 1 rings (SSSR count). The predicted octanol–water partition coefficient (Wildman–Crippen LogP) is 2.06. The van der Waals surface area contributed by atoms with Crippen LogP contribution in [0.2, 0.25) is 0 Å². The maximum Gasteiger partial charge on any atom is 0.273 e. The largest absolute Gasteiger partial charge is 0.364 e. The minimum atomic E-state index is -0.252. The van der Waals surface area contributed by atoms with Gasteiger partial charge in [-0.2, -0.15) is 0 Å². The summed E-state index contributed by atoms with van der Waals surface area (Å²) < 4.78 is 4.56. The molecule has 0 aromatic carbocycles. The van der Waals surface area contributed by atoms with E-state index in [0.717, 1.165) is 6.42 Å². The first-order valence-electron chi connectivity index (χ1n) is 4.92. The van der Waals surface area contributed by atoms with Crippen molar-refractivity contribution in [2.75, 3.05) is 6.54 Å². The molecule has 1 N–H and O–H groups in total. The summed E-state index contributed by atoms with van der Waals surface area (Å²) in [7, 11) is 0. The first-order valence-corrected chi connectivity index (χ1v) is 5.36. The SMILES string of the molecule is CC(C)CC(Cl)CNC(=O)c1ccon1. The molecule has 1 heterocycles. The Bertz CT molecular complexity index is 298. The Balaban J connectivity index is 2.28. The van der Waals surface area contributed by atoms with Gasteiger partial charge in [0.25, 0.3) is 5.91 Å². The Morgan fingerprint density at radius 3 is 2.93 bits per heavy atom. The van der Waals surface area contributed by atoms with Crippen molar-refractivity contribution in [3.05, 3.63) is 18.0 Å². The van der Waals surface area contributed by atoms with Gasteiger partial charge >= 0.3 is 0 Å². The Morgan fingerprint density at radius 2 is 2.40 bits per heavy atom. The zero-order valence-corrected chi connectivity index (χ0v) is 9.62. The minimum absolute atomic E-state index is 0.0409. The lowest BCUT2D eigenvalue weighted by atomic mass is 10.1. The van der Waals surface area contributed by atoms with Crippen molar-refractivity contribution in [3.63, 3.8) is 0 Å². The lowest BCUT2D eigenvalue weighted by molar-refractivity contribution is 0.0944. The van der Waals surface area contributed by atoms with Crippen LogP contribution in [0.25, 0.3) is 0 Å². The second-order valence-corrected chi connectivity index (χ2v) is 4.44. The maximum atomic E-state index is 11.4. The van der Waals surface area contributed by atoms with Gasteiger partial charge in [0.1, 0.15) is 6.26 Å². The van der Waals surface area contributed by atoms with Crippen molar-refractivity contribution < 1.29 is 9.32 Å². The second kappa shape index (κ2) is 5.75. The molecule has 1 aromatic rings. The Morgan fingerprint density at radius 1 is 1.67 bits per heavy atom. The van der Waals surface area contributed by atoms with E-state index in [9.17, 15) is 4.79 Å². The minimum Gasteiger partial charge on any atom is -0.364 e. The molecule has 5 heteroatoms. The fraction of sp³-hybridized carbons (Fsp3) is 0.600. The second-order valence-electron chi connectivity index (χ2n) is 3.82. The zero-order chi connectivity index (χ0) is 11.3. The van der Waals surface area contributed by atoms with E-state index in [2.05, 4.69) is 28.8 Å². The average molecular weight is 231 g/mol. The molecule has 1 amide bonds. The summed E-state index contributed by atoms with van der Waals surface area (Å²) in [6.45, 7) is 4.63. The van der Waals surface area contributed by atoms with Crippen LogP contribution in [0, 0.1) is 5.92 Å². The molecule has 1 unspecified atom stereocenters. The Hall–Kier alpha value is -1.03. The molecule has 84 valence electrons. The molecule has 0 aliphatic heterocycles. The van der Waals surface area contributed by atoms with Gasteiger partial charge in [-0.3, -0.25) is 4.79 Å². The number of aromatic nitrogens is 1. The number of nitrogens with zero attached hydrogens (tertiary/aromatic N) is 1. The van der Waals surface area contributed by atoms with E-state index < -0.39 is 0 Å². The van der Waals surface area contributed by atoms with E-state index in [1.54, 1.807) is 0 Å². The summed E-state index contributed by atoms with van der Waals surface area (Å²) in [6, 6.07) is 1.51. The van der Waals surface area contributed by atoms with E-state index in [4.69, 9.17) is 11.6 Å². The topological polar surface area (TPSA) is 55.1 Å². The van der Waals surface area contributed by atoms with E-state index in [1.165, 1.54) is 12.3 Å². The van der Waals surface area contributed by atoms with Crippen molar-refractivity contribution in [3.8, 4) is 0 Å². The Labute approximate surface area is 94.0 Å². The number of hydrogen-bond donors (Lipinski definition) is 1. The van der Waals surface area contributed by atoms with Crippen molar-refractivity contribution in [2.24, 2.45) is 5.92 Å². The highest BCUT2D eigenvalue weighted by Gasteiger charge is 2.12. The van der Waals surface area contributed by atoms with Crippen LogP contribution in [0.4, 0.5) is 0 Å². The van der Waals surface area contributed by atoms with Gasteiger partial charge in [-0.05, 0) is 12.3 Å². The molecule has 0 bridgehead atoms. The Kier molecular flexibility index (Phi) is 4.62. The molecule has 0 saturated carbocycles. The van der Waals surface area contributed by atoms with Crippen LogP contribution in [0.5, 0.6) is 0 Å². The summed E-state index contributed by atoms with van der Waals surface area (Å²) in [5.41, 5.74) is 0.281. The number of carbonyl (C=O) groups excluding carboxylic acids is 1. The van der Waals surface area contributed by atoms with Crippen LogP contribution in [0.15, 0.2) is 16.9 Å². The molecular weight excluding hydrogens is 216 g/mol. The van der Waals surface area contributed by atoms with Crippen LogP contribution >= 0.6 is 11.6 Å². The first kappa shape index (κ1) is 12.0. The highest BCUT2D eigenvalue weighted by atomic mass is 35.5. The third-order valence-corrected chi connectivity index (χ3v) is 2.21. The molecule has 4 nitrogen and oxygen atoms in total. The number of carbonyl (C=O) groups is 1. The van der Waals surface area contributed by atoms with E-state index >= 15 is 0 Å². The fourth-order valence-electron chi connectivity index (χ4n) is 1.22. The molecular formula is C10H15ClN2O2. The van der Waals surface area contributed by atoms with Crippen LogP contribution < -0.4 is 5.32 Å². The number of alkyl halides is 1. The molecule has 1 aromatic heterocycles. The van der Waals surface area contributed by atoms with Crippen LogP contribution in [-0.4, -0.2) is 23.0 Å². The number of halogens is 1. The quantitative estimate of drug-likeness (QED) is 0.788. The molecule has 0 radical (unpaired) electrons. The van der Waals surface area contributed by atoms with Crippen molar-refractivity contribution in [1.82, 2.24) is 10.5 Å². The van der Waals surface area contributed by atoms with Gasteiger partial charge in [-0.15, -0.1) is 11.6 Å². The normalized spacial score (nSPS) is 12.8. The maximum absolute atomic E-state index is 11.4. The summed E-state index contributed by atoms with van der Waals surface area (Å²) in [6.07, 6.45) is 2.24. The van der Waals surface area contributed by atoms with Crippen molar-refractivity contribution >= 4 is 17.5 Å². The first-order chi connectivity index (χ1) is 7.09. The lowest BCUT2D eigenvalue weighted by Gasteiger charge is -2.11. The van der Waals surface area contributed by atoms with Crippen LogP contribution in [0.1, 0.15) is 30.8 Å². The van der Waals surface area contributed by atoms with Gasteiger partial charge < -0.3 is 9.84 Å². The summed E-state index contributed by atoms with van der Waals surface area (Å²) >= 11 is 6.02. The van der Waals surface area contributed by atoms with E-state index in [1.807, 2.05) is 0 Å². The molecule has 0 spiro atoms. The molecule has 0 fully saturated rings. The van der Waals surface area contributed by atoms with Gasteiger partial charge in [0.05, 0.1) is 5.38 Å². The summed E-state index contributed by atoms with van der Waals surface area (Å²) in [5.74, 6) is 0.273. The van der Waals surface area contributed by atoms with Gasteiger partial charge in [0, 0.05) is 12.6 Å². The standard InChI is InChI=1S/C10H15ClN2O2/c1-7(2)5-8(11)6-12-10(14)9-3-4-15-13-9/h3-4,7-8H,5-6H2,1-2H3,(H,12,14). The molecule has 0 aliphatic carbocycles. The van der Waals surface area contributed by atoms with Crippen molar-refractivity contribution in [2.45, 2.75) is 25.6 Å². The molecule has 0 aliphatic rings.